The van der Waals surface area contributed by atoms with E-state index in [0.29, 0.717) is 6.42 Å². The van der Waals surface area contributed by atoms with E-state index in [-0.39, 0.29) is 18.6 Å². The van der Waals surface area contributed by atoms with Crippen LogP contribution < -0.4 is 5.32 Å². The molecule has 5 nitrogen and oxygen atoms in total. The lowest BCUT2D eigenvalue weighted by atomic mass is 10.2. The molecule has 0 saturated heterocycles. The summed E-state index contributed by atoms with van der Waals surface area (Å²) in [5, 5.41) is 11.5. The van der Waals surface area contributed by atoms with Crippen LogP contribution in [0.15, 0.2) is 12.7 Å². The van der Waals surface area contributed by atoms with Crippen LogP contribution in [0.25, 0.3) is 0 Å². The highest BCUT2D eigenvalue weighted by Crippen LogP contribution is 1.99. The predicted octanol–water partition coefficient (Wildman–Crippen LogP) is 1.31. The minimum atomic E-state index is -0.904. The van der Waals surface area contributed by atoms with Crippen molar-refractivity contribution in [1.82, 2.24) is 10.2 Å². The number of hydrogen-bond acceptors (Lipinski definition) is 2. The highest BCUT2D eigenvalue weighted by molar-refractivity contribution is 5.75. The molecule has 0 saturated carbocycles. The summed E-state index contributed by atoms with van der Waals surface area (Å²) in [5.41, 5.74) is 0. The van der Waals surface area contributed by atoms with Gasteiger partial charge in [-0.15, -0.1) is 6.58 Å². The number of hydrogen-bond donors (Lipinski definition) is 2. The highest BCUT2D eigenvalue weighted by atomic mass is 16.4. The lowest BCUT2D eigenvalue weighted by Gasteiger charge is -2.22. The van der Waals surface area contributed by atoms with Gasteiger partial charge in [-0.2, -0.15) is 0 Å². The first kappa shape index (κ1) is 14.5. The van der Waals surface area contributed by atoms with Crippen LogP contribution in [0.3, 0.4) is 0 Å². The fraction of sp³-hybridized carbons (Fsp3) is 0.636. The molecule has 2 amide bonds. The molecule has 2 atom stereocenters. The first-order valence-electron chi connectivity index (χ1n) is 5.23. The summed E-state index contributed by atoms with van der Waals surface area (Å²) in [6.07, 6.45) is 2.42. The molecule has 0 spiro atoms. The normalized spacial score (nSPS) is 13.7. The zero-order chi connectivity index (χ0) is 12.7. The van der Waals surface area contributed by atoms with Gasteiger partial charge in [-0.1, -0.05) is 13.0 Å². The van der Waals surface area contributed by atoms with Crippen LogP contribution in [0.5, 0.6) is 0 Å². The fourth-order valence-corrected chi connectivity index (χ4v) is 1.20. The van der Waals surface area contributed by atoms with E-state index >= 15 is 0 Å². The van der Waals surface area contributed by atoms with Gasteiger partial charge < -0.3 is 15.3 Å². The Bertz CT molecular complexity index is 266. The van der Waals surface area contributed by atoms with Crippen molar-refractivity contribution in [2.45, 2.75) is 26.3 Å². The molecule has 0 fully saturated rings. The maximum Gasteiger partial charge on any atom is 0.317 e. The minimum absolute atomic E-state index is 0.00702. The Hall–Kier alpha value is -1.52. The third-order valence-electron chi connectivity index (χ3n) is 2.21. The number of carboxylic acid groups (broad SMARTS) is 1. The molecular weight excluding hydrogens is 208 g/mol. The molecule has 0 radical (unpaired) electrons. The van der Waals surface area contributed by atoms with E-state index in [2.05, 4.69) is 11.9 Å². The van der Waals surface area contributed by atoms with Crippen molar-refractivity contribution >= 4 is 12.0 Å². The Morgan fingerprint density at radius 1 is 1.50 bits per heavy atom. The predicted molar refractivity (Wildman–Crippen MR) is 62.2 cm³/mol. The molecule has 2 unspecified atom stereocenters. The van der Waals surface area contributed by atoms with E-state index in [4.69, 9.17) is 5.11 Å². The van der Waals surface area contributed by atoms with Crippen molar-refractivity contribution in [1.29, 1.82) is 0 Å². The van der Waals surface area contributed by atoms with Crippen LogP contribution in [0, 0.1) is 5.92 Å². The van der Waals surface area contributed by atoms with Gasteiger partial charge in [0.2, 0.25) is 0 Å². The zero-order valence-corrected chi connectivity index (χ0v) is 10.1. The molecule has 0 aliphatic heterocycles. The van der Waals surface area contributed by atoms with Gasteiger partial charge in [-0.3, -0.25) is 4.79 Å². The van der Waals surface area contributed by atoms with Crippen LogP contribution >= 0.6 is 0 Å². The zero-order valence-electron chi connectivity index (χ0n) is 10.1. The smallest absolute Gasteiger partial charge is 0.317 e. The first-order valence-corrected chi connectivity index (χ1v) is 5.23. The molecule has 5 heteroatoms. The molecule has 2 N–H and O–H groups in total. The molecular formula is C11H20N2O3. The van der Waals surface area contributed by atoms with Crippen LogP contribution in [0.1, 0.15) is 20.3 Å². The van der Waals surface area contributed by atoms with Gasteiger partial charge in [-0.05, 0) is 13.3 Å². The van der Waals surface area contributed by atoms with Gasteiger partial charge in [-0.25, -0.2) is 4.79 Å². The molecule has 0 aromatic carbocycles. The minimum Gasteiger partial charge on any atom is -0.481 e. The summed E-state index contributed by atoms with van der Waals surface area (Å²) < 4.78 is 0. The summed E-state index contributed by atoms with van der Waals surface area (Å²) in [6.45, 7) is 7.22. The van der Waals surface area contributed by atoms with Gasteiger partial charge in [0.05, 0.1) is 5.92 Å². The second-order valence-electron chi connectivity index (χ2n) is 3.99. The molecule has 16 heavy (non-hydrogen) atoms. The lowest BCUT2D eigenvalue weighted by Crippen LogP contribution is -2.44. The fourth-order valence-electron chi connectivity index (χ4n) is 1.20. The molecule has 0 aromatic heterocycles. The molecule has 0 aromatic rings. The third kappa shape index (κ3) is 5.38. The largest absolute Gasteiger partial charge is 0.481 e. The monoisotopic (exact) mass is 228 g/mol. The second-order valence-corrected chi connectivity index (χ2v) is 3.99. The van der Waals surface area contributed by atoms with Crippen LogP contribution in [-0.2, 0) is 4.79 Å². The van der Waals surface area contributed by atoms with Crippen molar-refractivity contribution in [3.05, 3.63) is 12.7 Å². The Labute approximate surface area is 96.1 Å². The van der Waals surface area contributed by atoms with Crippen molar-refractivity contribution in [2.75, 3.05) is 13.6 Å². The van der Waals surface area contributed by atoms with Crippen LogP contribution in [0.2, 0.25) is 0 Å². The Balaban J connectivity index is 4.08. The van der Waals surface area contributed by atoms with E-state index in [1.807, 2.05) is 6.92 Å². The number of carbonyl (C=O) groups excluding carboxylic acids is 1. The number of amides is 2. The van der Waals surface area contributed by atoms with Crippen molar-refractivity contribution in [3.63, 3.8) is 0 Å². The number of rotatable bonds is 6. The highest BCUT2D eigenvalue weighted by Gasteiger charge is 2.17. The average Bonchev–Trinajstić information content (AvgIpc) is 2.17. The lowest BCUT2D eigenvalue weighted by molar-refractivity contribution is -0.141. The summed E-state index contributed by atoms with van der Waals surface area (Å²) in [7, 11) is 1.58. The SMILES string of the molecule is C=CCC(C)NC(=O)N(C)CC(C)C(=O)O. The summed E-state index contributed by atoms with van der Waals surface area (Å²) in [5.74, 6) is -1.47. The Kier molecular flexibility index (Phi) is 6.22. The van der Waals surface area contributed by atoms with Gasteiger partial charge in [0.1, 0.15) is 0 Å². The van der Waals surface area contributed by atoms with Gasteiger partial charge >= 0.3 is 12.0 Å². The Morgan fingerprint density at radius 2 is 2.06 bits per heavy atom. The van der Waals surface area contributed by atoms with Gasteiger partial charge in [0.15, 0.2) is 0 Å². The molecule has 0 aliphatic carbocycles. The molecule has 0 heterocycles. The standard InChI is InChI=1S/C11H20N2O3/c1-5-6-9(3)12-11(16)13(4)7-8(2)10(14)15/h5,8-9H,1,6-7H2,2-4H3,(H,12,16)(H,14,15). The van der Waals surface area contributed by atoms with Crippen LogP contribution in [0.4, 0.5) is 4.79 Å². The maximum absolute atomic E-state index is 11.6. The number of aliphatic carboxylic acids is 1. The molecule has 92 valence electrons. The number of carboxylic acids is 1. The summed E-state index contributed by atoms with van der Waals surface area (Å²) in [6, 6.07) is -0.255. The number of nitrogens with one attached hydrogen (secondary N) is 1. The second kappa shape index (κ2) is 6.87. The molecule has 0 rings (SSSR count). The van der Waals surface area contributed by atoms with Gasteiger partial charge in [0.25, 0.3) is 0 Å². The van der Waals surface area contributed by atoms with E-state index in [0.717, 1.165) is 0 Å². The summed E-state index contributed by atoms with van der Waals surface area (Å²) in [4.78, 5) is 23.6. The third-order valence-corrected chi connectivity index (χ3v) is 2.21. The number of urea groups is 1. The van der Waals surface area contributed by atoms with Crippen LogP contribution in [-0.4, -0.2) is 41.6 Å². The average molecular weight is 228 g/mol. The molecule has 0 aliphatic rings. The number of carbonyl (C=O) groups is 2. The van der Waals surface area contributed by atoms with E-state index in [1.165, 1.54) is 4.90 Å². The quantitative estimate of drug-likeness (QED) is 0.673. The van der Waals surface area contributed by atoms with E-state index in [9.17, 15) is 9.59 Å². The van der Waals surface area contributed by atoms with Crippen molar-refractivity contribution in [2.24, 2.45) is 5.92 Å². The van der Waals surface area contributed by atoms with Crippen molar-refractivity contribution in [3.8, 4) is 0 Å². The molecule has 0 bridgehead atoms. The first-order chi connectivity index (χ1) is 7.38. The van der Waals surface area contributed by atoms with E-state index < -0.39 is 11.9 Å². The Morgan fingerprint density at radius 3 is 2.50 bits per heavy atom. The summed E-state index contributed by atoms with van der Waals surface area (Å²) >= 11 is 0. The van der Waals surface area contributed by atoms with E-state index in [1.54, 1.807) is 20.0 Å². The number of nitrogens with zero attached hydrogens (tertiary/aromatic N) is 1. The maximum atomic E-state index is 11.6. The van der Waals surface area contributed by atoms with Gasteiger partial charge in [0, 0.05) is 19.6 Å². The van der Waals surface area contributed by atoms with Crippen molar-refractivity contribution < 1.29 is 14.7 Å². The topological polar surface area (TPSA) is 69.6 Å².